The molecule has 37 heavy (non-hydrogen) atoms. The van der Waals surface area contributed by atoms with Gasteiger partial charge in [0, 0.05) is 44.2 Å². The van der Waals surface area contributed by atoms with Crippen LogP contribution in [0.3, 0.4) is 0 Å². The van der Waals surface area contributed by atoms with Crippen LogP contribution in [0.15, 0.2) is 77.2 Å². The molecular weight excluding hydrogens is 484 g/mol. The van der Waals surface area contributed by atoms with Crippen molar-refractivity contribution in [3.63, 3.8) is 0 Å². The highest BCUT2D eigenvalue weighted by atomic mass is 35.5. The second kappa shape index (κ2) is 13.3. The normalized spacial score (nSPS) is 14.3. The fourth-order valence-electron chi connectivity index (χ4n) is 4.23. The van der Waals surface area contributed by atoms with Crippen LogP contribution in [0, 0.1) is 6.92 Å². The Morgan fingerprint density at radius 1 is 1.03 bits per heavy atom. The van der Waals surface area contributed by atoms with Crippen molar-refractivity contribution in [1.82, 2.24) is 10.2 Å². The fourth-order valence-corrected chi connectivity index (χ4v) is 4.43. The Hall–Kier alpha value is -3.25. The summed E-state index contributed by atoms with van der Waals surface area (Å²) in [7, 11) is 0. The van der Waals surface area contributed by atoms with Gasteiger partial charge in [-0.1, -0.05) is 48.9 Å². The molecule has 0 aliphatic carbocycles. The molecule has 5 nitrogen and oxygen atoms in total. The molecule has 0 atom stereocenters. The first kappa shape index (κ1) is 26.8. The van der Waals surface area contributed by atoms with E-state index >= 15 is 0 Å². The maximum absolute atomic E-state index is 8.76. The van der Waals surface area contributed by atoms with E-state index in [2.05, 4.69) is 59.6 Å². The van der Waals surface area contributed by atoms with Crippen molar-refractivity contribution in [3.05, 3.63) is 94.7 Å². The predicted octanol–water partition coefficient (Wildman–Crippen LogP) is 7.02. The Morgan fingerprint density at radius 3 is 2.43 bits per heavy atom. The molecule has 1 aromatic heterocycles. The second-order valence-electron chi connectivity index (χ2n) is 9.17. The molecule has 0 spiro atoms. The van der Waals surface area contributed by atoms with Gasteiger partial charge in [-0.2, -0.15) is 0 Å². The lowest BCUT2D eigenvalue weighted by Crippen LogP contribution is -2.44. The van der Waals surface area contributed by atoms with Crippen LogP contribution >= 0.6 is 11.6 Å². The van der Waals surface area contributed by atoms with Crippen LogP contribution in [-0.2, 0) is 0 Å². The number of fused-ring (bicyclic) bond motifs is 1. The Kier molecular flexibility index (Phi) is 9.66. The minimum absolute atomic E-state index is 0.329. The Labute approximate surface area is 224 Å². The number of aryl methyl sites for hydroxylation is 1. The van der Waals surface area contributed by atoms with Crippen molar-refractivity contribution in [2.24, 2.45) is 0 Å². The number of ether oxygens (including phenoxy) is 1. The van der Waals surface area contributed by atoms with E-state index in [0.29, 0.717) is 11.0 Å². The van der Waals surface area contributed by atoms with Crippen LogP contribution in [0.4, 0.5) is 0 Å². The lowest BCUT2D eigenvalue weighted by molar-refractivity contribution is 0.191. The minimum atomic E-state index is 0.329. The summed E-state index contributed by atoms with van der Waals surface area (Å²) in [5.41, 5.74) is 5.62. The second-order valence-corrected chi connectivity index (χ2v) is 9.54. The summed E-state index contributed by atoms with van der Waals surface area (Å²) in [6, 6.07) is 23.5. The van der Waals surface area contributed by atoms with E-state index < -0.39 is 0 Å². The third kappa shape index (κ3) is 8.12. The molecule has 0 saturated carbocycles. The van der Waals surface area contributed by atoms with E-state index in [1.165, 1.54) is 22.3 Å². The third-order valence-electron chi connectivity index (χ3n) is 6.38. The van der Waals surface area contributed by atoms with Crippen LogP contribution in [-0.4, -0.2) is 49.3 Å². The van der Waals surface area contributed by atoms with Gasteiger partial charge >= 0.3 is 0 Å². The number of nitrogens with zero attached hydrogens (tertiary/aromatic N) is 1. The standard InChI is InChI=1S/C24H27ClN2O2.C7H8O/c1-2-19(20-5-8-23-21(16-20)17-24(25)29-23)15-18-3-6-22(7-4-18)28-14-13-27-11-9-26-10-12-27;1-6-2-4-7(8)5-3-6/h3-8,15-17,26H,2,9-14H2,1H3;2-5,8H,1H3/b19-15-;. The molecule has 0 radical (unpaired) electrons. The number of piperazine rings is 1. The van der Waals surface area contributed by atoms with Crippen molar-refractivity contribution in [2.75, 3.05) is 39.3 Å². The highest BCUT2D eigenvalue weighted by Gasteiger charge is 2.09. The molecule has 0 amide bonds. The molecule has 0 bridgehead atoms. The number of nitrogens with one attached hydrogen (secondary N) is 1. The zero-order chi connectivity index (χ0) is 26.0. The molecule has 6 heteroatoms. The summed E-state index contributed by atoms with van der Waals surface area (Å²) in [6.07, 6.45) is 3.17. The molecule has 1 fully saturated rings. The van der Waals surface area contributed by atoms with Gasteiger partial charge in [0.05, 0.1) is 0 Å². The number of phenolic OH excluding ortho intramolecular Hbond substituents is 1. The van der Waals surface area contributed by atoms with Crippen molar-refractivity contribution < 1.29 is 14.3 Å². The first-order valence-corrected chi connectivity index (χ1v) is 13.2. The van der Waals surface area contributed by atoms with Crippen molar-refractivity contribution in [3.8, 4) is 11.5 Å². The first-order valence-electron chi connectivity index (χ1n) is 12.8. The third-order valence-corrected chi connectivity index (χ3v) is 6.57. The highest BCUT2D eigenvalue weighted by molar-refractivity contribution is 6.29. The zero-order valence-electron chi connectivity index (χ0n) is 21.5. The van der Waals surface area contributed by atoms with Gasteiger partial charge < -0.3 is 19.6 Å². The van der Waals surface area contributed by atoms with Gasteiger partial charge in [0.25, 0.3) is 0 Å². The van der Waals surface area contributed by atoms with Gasteiger partial charge in [-0.3, -0.25) is 4.90 Å². The van der Waals surface area contributed by atoms with Crippen LogP contribution in [0.5, 0.6) is 11.5 Å². The molecular formula is C31H35ClN2O3. The first-order chi connectivity index (χ1) is 18.0. The van der Waals surface area contributed by atoms with Crippen LogP contribution in [0.25, 0.3) is 22.6 Å². The van der Waals surface area contributed by atoms with Crippen LogP contribution < -0.4 is 10.1 Å². The van der Waals surface area contributed by atoms with Gasteiger partial charge in [-0.05, 0) is 78.0 Å². The summed E-state index contributed by atoms with van der Waals surface area (Å²) >= 11 is 5.98. The van der Waals surface area contributed by atoms with E-state index in [1.807, 2.05) is 31.2 Å². The molecule has 194 valence electrons. The van der Waals surface area contributed by atoms with E-state index in [0.717, 1.165) is 62.5 Å². The minimum Gasteiger partial charge on any atom is -0.508 e. The fraction of sp³-hybridized carbons (Fsp3) is 0.290. The molecule has 1 saturated heterocycles. The summed E-state index contributed by atoms with van der Waals surface area (Å²) in [5.74, 6) is 1.25. The van der Waals surface area contributed by atoms with E-state index in [4.69, 9.17) is 25.9 Å². The molecule has 1 aliphatic heterocycles. The maximum Gasteiger partial charge on any atom is 0.194 e. The molecule has 2 N–H and O–H groups in total. The topological polar surface area (TPSA) is 57.9 Å². The van der Waals surface area contributed by atoms with Gasteiger partial charge in [-0.25, -0.2) is 0 Å². The van der Waals surface area contributed by atoms with E-state index in [9.17, 15) is 0 Å². The number of aromatic hydroxyl groups is 1. The summed E-state index contributed by atoms with van der Waals surface area (Å²) in [4.78, 5) is 2.44. The highest BCUT2D eigenvalue weighted by Crippen LogP contribution is 2.29. The zero-order valence-corrected chi connectivity index (χ0v) is 22.3. The molecule has 4 aromatic rings. The van der Waals surface area contributed by atoms with Crippen LogP contribution in [0.1, 0.15) is 30.0 Å². The molecule has 0 unspecified atom stereocenters. The molecule has 3 aromatic carbocycles. The van der Waals surface area contributed by atoms with Gasteiger partial charge in [-0.15, -0.1) is 0 Å². The number of hydrogen-bond donors (Lipinski definition) is 2. The number of hydrogen-bond acceptors (Lipinski definition) is 5. The number of rotatable bonds is 7. The average molecular weight is 519 g/mol. The lowest BCUT2D eigenvalue weighted by Gasteiger charge is -2.26. The summed E-state index contributed by atoms with van der Waals surface area (Å²) in [6.45, 7) is 10.2. The average Bonchev–Trinajstić information content (AvgIpc) is 3.30. The summed E-state index contributed by atoms with van der Waals surface area (Å²) in [5, 5.41) is 13.6. The molecule has 5 rings (SSSR count). The number of furan rings is 1. The summed E-state index contributed by atoms with van der Waals surface area (Å²) < 4.78 is 11.4. The van der Waals surface area contributed by atoms with Crippen molar-refractivity contribution in [1.29, 1.82) is 0 Å². The molecule has 2 heterocycles. The largest absolute Gasteiger partial charge is 0.508 e. The quantitative estimate of drug-likeness (QED) is 0.257. The van der Waals surface area contributed by atoms with Crippen LogP contribution in [0.2, 0.25) is 5.22 Å². The van der Waals surface area contributed by atoms with Gasteiger partial charge in [0.1, 0.15) is 23.7 Å². The Balaban J connectivity index is 0.000000342. The monoisotopic (exact) mass is 518 g/mol. The van der Waals surface area contributed by atoms with E-state index in [-0.39, 0.29) is 0 Å². The number of allylic oxidation sites excluding steroid dienone is 1. The molecule has 1 aliphatic rings. The van der Waals surface area contributed by atoms with Gasteiger partial charge in [0.2, 0.25) is 0 Å². The predicted molar refractivity (Wildman–Crippen MR) is 153 cm³/mol. The van der Waals surface area contributed by atoms with Crippen molar-refractivity contribution in [2.45, 2.75) is 20.3 Å². The Morgan fingerprint density at radius 2 is 1.76 bits per heavy atom. The smallest absolute Gasteiger partial charge is 0.194 e. The lowest BCUT2D eigenvalue weighted by atomic mass is 9.99. The van der Waals surface area contributed by atoms with Crippen molar-refractivity contribution >= 4 is 34.2 Å². The van der Waals surface area contributed by atoms with Gasteiger partial charge in [0.15, 0.2) is 5.22 Å². The SMILES string of the molecule is CC/C(=C/c1ccc(OCCN2CCNCC2)cc1)c1ccc2oc(Cl)cc2c1.Cc1ccc(O)cc1. The van der Waals surface area contributed by atoms with E-state index in [1.54, 1.807) is 12.1 Å². The number of halogens is 1. The maximum atomic E-state index is 8.76. The number of benzene rings is 3. The number of phenols is 1. The Bertz CT molecular complexity index is 1270.